The predicted octanol–water partition coefficient (Wildman–Crippen LogP) is 1.69. The lowest BCUT2D eigenvalue weighted by molar-refractivity contribution is -0.131. The molecule has 0 fully saturated rings. The smallest absolute Gasteiger partial charge is 0.239 e. The maximum absolute atomic E-state index is 11.7. The van der Waals surface area contributed by atoms with Crippen molar-refractivity contribution in [3.63, 3.8) is 0 Å². The third kappa shape index (κ3) is 5.22. The largest absolute Gasteiger partial charge is 0.354 e. The van der Waals surface area contributed by atoms with Gasteiger partial charge < -0.3 is 10.6 Å². The Hall–Kier alpha value is -2.63. The van der Waals surface area contributed by atoms with Gasteiger partial charge in [-0.25, -0.2) is 4.68 Å². The number of hydrogen-bond donors (Lipinski definition) is 2. The molecule has 24 heavy (non-hydrogen) atoms. The fourth-order valence-corrected chi connectivity index (χ4v) is 2.05. The average molecular weight is 328 g/mol. The van der Waals surface area contributed by atoms with E-state index in [0.29, 0.717) is 13.0 Å². The number of benzene rings is 1. The highest BCUT2D eigenvalue weighted by Gasteiger charge is 2.21. The molecule has 0 radical (unpaired) electrons. The van der Waals surface area contributed by atoms with Crippen LogP contribution in [-0.2, 0) is 16.0 Å². The topological polar surface area (TPSA) is 76.0 Å². The monoisotopic (exact) mass is 328 g/mol. The van der Waals surface area contributed by atoms with E-state index in [4.69, 9.17) is 0 Å². The molecule has 0 saturated carbocycles. The molecule has 0 unspecified atom stereocenters. The molecule has 6 nitrogen and oxygen atoms in total. The summed E-state index contributed by atoms with van der Waals surface area (Å²) in [5.74, 6) is -0.329. The molecule has 128 valence electrons. The number of aromatic nitrogens is 2. The van der Waals surface area contributed by atoms with Gasteiger partial charge >= 0.3 is 0 Å². The zero-order valence-corrected chi connectivity index (χ0v) is 14.4. The first-order chi connectivity index (χ1) is 11.4. The van der Waals surface area contributed by atoms with Crippen LogP contribution in [-0.4, -0.2) is 34.7 Å². The third-order valence-electron chi connectivity index (χ3n) is 3.48. The Morgan fingerprint density at radius 1 is 1.12 bits per heavy atom. The first-order valence-electron chi connectivity index (χ1n) is 8.00. The Balaban J connectivity index is 1.74. The standard InChI is InChI=1S/C18H24N4O2/c1-18(2,3)17(24)20-12-16(23)19-10-9-14-11-21-22(13-14)15-7-5-4-6-8-15/h4-8,11,13H,9-10,12H2,1-3H3,(H,19,23)(H,20,24). The van der Waals surface area contributed by atoms with Crippen LogP contribution in [0, 0.1) is 5.41 Å². The summed E-state index contributed by atoms with van der Waals surface area (Å²) in [6, 6.07) is 9.85. The van der Waals surface area contributed by atoms with Gasteiger partial charge in [0, 0.05) is 18.2 Å². The van der Waals surface area contributed by atoms with Gasteiger partial charge in [0.25, 0.3) is 0 Å². The molecule has 6 heteroatoms. The summed E-state index contributed by atoms with van der Waals surface area (Å²) in [5.41, 5.74) is 1.54. The second kappa shape index (κ2) is 7.77. The van der Waals surface area contributed by atoms with Crippen LogP contribution in [0.4, 0.5) is 0 Å². The third-order valence-corrected chi connectivity index (χ3v) is 3.48. The quantitative estimate of drug-likeness (QED) is 0.847. The SMILES string of the molecule is CC(C)(C)C(=O)NCC(=O)NCCc1cnn(-c2ccccc2)c1. The number of rotatable bonds is 6. The van der Waals surface area contributed by atoms with Gasteiger partial charge in [0.05, 0.1) is 18.4 Å². The minimum absolute atomic E-state index is 0.000614. The van der Waals surface area contributed by atoms with Gasteiger partial charge in [0.1, 0.15) is 0 Å². The van der Waals surface area contributed by atoms with Gasteiger partial charge in [0.2, 0.25) is 11.8 Å². The van der Waals surface area contributed by atoms with Gasteiger partial charge in [-0.2, -0.15) is 5.10 Å². The molecular formula is C18H24N4O2. The lowest BCUT2D eigenvalue weighted by Gasteiger charge is -2.17. The molecule has 2 rings (SSSR count). The van der Waals surface area contributed by atoms with Crippen LogP contribution in [0.1, 0.15) is 26.3 Å². The van der Waals surface area contributed by atoms with Gasteiger partial charge in [-0.15, -0.1) is 0 Å². The molecule has 0 aliphatic heterocycles. The van der Waals surface area contributed by atoms with Crippen LogP contribution in [0.3, 0.4) is 0 Å². The molecule has 1 aromatic carbocycles. The molecule has 2 amide bonds. The van der Waals surface area contributed by atoms with E-state index in [0.717, 1.165) is 11.3 Å². The van der Waals surface area contributed by atoms with Crippen molar-refractivity contribution in [1.82, 2.24) is 20.4 Å². The van der Waals surface area contributed by atoms with Gasteiger partial charge in [-0.3, -0.25) is 9.59 Å². The zero-order chi connectivity index (χ0) is 17.6. The molecule has 0 saturated heterocycles. The van der Waals surface area contributed by atoms with Crippen LogP contribution in [0.2, 0.25) is 0 Å². The summed E-state index contributed by atoms with van der Waals surface area (Å²) in [6.07, 6.45) is 4.43. The van der Waals surface area contributed by atoms with Crippen LogP contribution < -0.4 is 10.6 Å². The van der Waals surface area contributed by atoms with Crippen molar-refractivity contribution in [1.29, 1.82) is 0 Å². The first-order valence-corrected chi connectivity index (χ1v) is 8.00. The van der Waals surface area contributed by atoms with Crippen molar-refractivity contribution < 1.29 is 9.59 Å². The van der Waals surface area contributed by atoms with Crippen LogP contribution in [0.25, 0.3) is 5.69 Å². The lowest BCUT2D eigenvalue weighted by Crippen LogP contribution is -2.42. The Labute approximate surface area is 142 Å². The average Bonchev–Trinajstić information content (AvgIpc) is 3.01. The molecule has 0 spiro atoms. The number of nitrogens with zero attached hydrogens (tertiary/aromatic N) is 2. The maximum atomic E-state index is 11.7. The molecule has 0 aliphatic carbocycles. The summed E-state index contributed by atoms with van der Waals surface area (Å²) in [5, 5.41) is 9.74. The predicted molar refractivity (Wildman–Crippen MR) is 92.7 cm³/mol. The summed E-state index contributed by atoms with van der Waals surface area (Å²) >= 11 is 0. The van der Waals surface area contributed by atoms with Crippen molar-refractivity contribution in [3.05, 3.63) is 48.3 Å². The van der Waals surface area contributed by atoms with Crippen LogP contribution in [0.15, 0.2) is 42.7 Å². The summed E-state index contributed by atoms with van der Waals surface area (Å²) in [7, 11) is 0. The van der Waals surface area contributed by atoms with Crippen molar-refractivity contribution in [2.45, 2.75) is 27.2 Å². The fraction of sp³-hybridized carbons (Fsp3) is 0.389. The zero-order valence-electron chi connectivity index (χ0n) is 14.4. The molecule has 1 heterocycles. The number of hydrogen-bond acceptors (Lipinski definition) is 3. The van der Waals surface area contributed by atoms with Crippen molar-refractivity contribution >= 4 is 11.8 Å². The second-order valence-corrected chi connectivity index (χ2v) is 6.66. The number of para-hydroxylation sites is 1. The van der Waals surface area contributed by atoms with E-state index >= 15 is 0 Å². The summed E-state index contributed by atoms with van der Waals surface area (Å²) in [6.45, 7) is 5.93. The van der Waals surface area contributed by atoms with Crippen molar-refractivity contribution in [2.24, 2.45) is 5.41 Å². The van der Waals surface area contributed by atoms with E-state index in [-0.39, 0.29) is 18.4 Å². The number of nitrogens with one attached hydrogen (secondary N) is 2. The second-order valence-electron chi connectivity index (χ2n) is 6.66. The van der Waals surface area contributed by atoms with Gasteiger partial charge in [-0.05, 0) is 24.1 Å². The summed E-state index contributed by atoms with van der Waals surface area (Å²) in [4.78, 5) is 23.4. The molecular weight excluding hydrogens is 304 g/mol. The number of amides is 2. The normalized spacial score (nSPS) is 11.1. The highest BCUT2D eigenvalue weighted by Crippen LogP contribution is 2.12. The van der Waals surface area contributed by atoms with E-state index < -0.39 is 5.41 Å². The van der Waals surface area contributed by atoms with Crippen molar-refractivity contribution in [2.75, 3.05) is 13.1 Å². The fourth-order valence-electron chi connectivity index (χ4n) is 2.05. The number of carbonyl (C=O) groups is 2. The van der Waals surface area contributed by atoms with Gasteiger partial charge in [-0.1, -0.05) is 39.0 Å². The summed E-state index contributed by atoms with van der Waals surface area (Å²) < 4.78 is 1.81. The minimum Gasteiger partial charge on any atom is -0.354 e. The van der Waals surface area contributed by atoms with Crippen LogP contribution in [0.5, 0.6) is 0 Å². The highest BCUT2D eigenvalue weighted by molar-refractivity contribution is 5.87. The lowest BCUT2D eigenvalue weighted by atomic mass is 9.96. The minimum atomic E-state index is -0.494. The molecule has 0 aliphatic rings. The van der Waals surface area contributed by atoms with E-state index in [1.54, 1.807) is 10.9 Å². The molecule has 1 aromatic heterocycles. The molecule has 0 atom stereocenters. The molecule has 0 bridgehead atoms. The highest BCUT2D eigenvalue weighted by atomic mass is 16.2. The van der Waals surface area contributed by atoms with E-state index in [2.05, 4.69) is 15.7 Å². The Bertz CT molecular complexity index is 687. The first kappa shape index (κ1) is 17.7. The van der Waals surface area contributed by atoms with Gasteiger partial charge in [0.15, 0.2) is 0 Å². The molecule has 2 aromatic rings. The van der Waals surface area contributed by atoms with E-state index in [1.165, 1.54) is 0 Å². The maximum Gasteiger partial charge on any atom is 0.239 e. The van der Waals surface area contributed by atoms with E-state index in [1.807, 2.05) is 57.3 Å². The van der Waals surface area contributed by atoms with Crippen LogP contribution >= 0.6 is 0 Å². The Kier molecular flexibility index (Phi) is 5.73. The van der Waals surface area contributed by atoms with Crippen molar-refractivity contribution in [3.8, 4) is 5.69 Å². The molecule has 2 N–H and O–H groups in total. The van der Waals surface area contributed by atoms with E-state index in [9.17, 15) is 9.59 Å². The number of carbonyl (C=O) groups excluding carboxylic acids is 2. The Morgan fingerprint density at radius 2 is 1.83 bits per heavy atom. The Morgan fingerprint density at radius 3 is 2.50 bits per heavy atom.